The zero-order valence-corrected chi connectivity index (χ0v) is 4.25. The Morgan fingerprint density at radius 1 is 1.50 bits per heavy atom. The van der Waals surface area contributed by atoms with Crippen molar-refractivity contribution in [2.75, 3.05) is 0 Å². The Kier molecular flexibility index (Phi) is 2.06. The predicted octanol–water partition coefficient (Wildman–Crippen LogP) is 0.169. The highest BCUT2D eigenvalue weighted by Crippen LogP contribution is 2.16. The van der Waals surface area contributed by atoms with Crippen molar-refractivity contribution in [2.24, 2.45) is 0 Å². The number of carbonyl (C=O) groups is 1. The van der Waals surface area contributed by atoms with E-state index in [0.29, 0.717) is 0 Å². The van der Waals surface area contributed by atoms with Crippen molar-refractivity contribution in [2.45, 2.75) is 12.5 Å². The fraction of sp³-hybridized carbons (Fsp3) is 0.667. The summed E-state index contributed by atoms with van der Waals surface area (Å²) in [5.74, 6) is -1.67. The first-order valence-electron chi connectivity index (χ1n) is 2.08. The van der Waals surface area contributed by atoms with Crippen molar-refractivity contribution in [3.05, 3.63) is 0 Å². The molecule has 0 aromatic rings. The lowest BCUT2D eigenvalue weighted by molar-refractivity contribution is -0.168. The van der Waals surface area contributed by atoms with E-state index < -0.39 is 18.3 Å². The van der Waals surface area contributed by atoms with Crippen molar-refractivity contribution in [1.29, 1.82) is 0 Å². The smallest absolute Gasteiger partial charge is 0.290 e. The maximum absolute atomic E-state index is 11.1. The molecular formula is C3H4BF3O. The van der Waals surface area contributed by atoms with E-state index in [4.69, 9.17) is 0 Å². The summed E-state index contributed by atoms with van der Waals surface area (Å²) in [7, 11) is 1.18. The molecule has 0 amide bonds. The van der Waals surface area contributed by atoms with Gasteiger partial charge >= 0.3 is 6.18 Å². The van der Waals surface area contributed by atoms with E-state index in [2.05, 4.69) is 0 Å². The highest BCUT2D eigenvalue weighted by Gasteiger charge is 2.35. The summed E-state index contributed by atoms with van der Waals surface area (Å²) in [5, 5.41) is 0. The summed E-state index contributed by atoms with van der Waals surface area (Å²) in [4.78, 5) is 9.71. The normalized spacial score (nSPS) is 11.4. The molecule has 0 atom stereocenters. The van der Waals surface area contributed by atoms with Gasteiger partial charge in [-0.3, -0.25) is 4.79 Å². The molecule has 0 spiro atoms. The first-order chi connectivity index (χ1) is 3.48. The molecular weight excluding hydrogens is 120 g/mol. The van der Waals surface area contributed by atoms with E-state index in [1.807, 2.05) is 0 Å². The predicted molar refractivity (Wildman–Crippen MR) is 24.4 cm³/mol. The third-order valence-electron chi connectivity index (χ3n) is 0.637. The second-order valence-electron chi connectivity index (χ2n) is 1.27. The van der Waals surface area contributed by atoms with Crippen LogP contribution in [0.1, 0.15) is 0 Å². The molecule has 0 aliphatic carbocycles. The van der Waals surface area contributed by atoms with Crippen molar-refractivity contribution < 1.29 is 18.0 Å². The van der Waals surface area contributed by atoms with Gasteiger partial charge in [0.1, 0.15) is 7.85 Å². The van der Waals surface area contributed by atoms with Crippen LogP contribution in [0.3, 0.4) is 0 Å². The van der Waals surface area contributed by atoms with E-state index >= 15 is 0 Å². The Morgan fingerprint density at radius 2 is 1.88 bits per heavy atom. The minimum atomic E-state index is -4.63. The highest BCUT2D eigenvalue weighted by molar-refractivity contribution is 6.21. The third-order valence-corrected chi connectivity index (χ3v) is 0.637. The van der Waals surface area contributed by atoms with Gasteiger partial charge in [-0.25, -0.2) is 0 Å². The van der Waals surface area contributed by atoms with Crippen molar-refractivity contribution in [1.82, 2.24) is 0 Å². The maximum Gasteiger partial charge on any atom is 0.449 e. The minimum absolute atomic E-state index is 0.469. The van der Waals surface area contributed by atoms with Crippen LogP contribution in [0.5, 0.6) is 0 Å². The summed E-state index contributed by atoms with van der Waals surface area (Å²) in [6.45, 7) is 0. The summed E-state index contributed by atoms with van der Waals surface area (Å²) in [6.07, 6.45) is -5.10. The summed E-state index contributed by atoms with van der Waals surface area (Å²) >= 11 is 0. The molecule has 0 radical (unpaired) electrons. The number of ketones is 1. The Balaban J connectivity index is 3.82. The standard InChI is InChI=1S/C3H4BF3O/c4-1-2(8)3(5,6)7/h1,4H2. The molecule has 1 nitrogen and oxygen atoms in total. The van der Waals surface area contributed by atoms with Gasteiger partial charge in [0.15, 0.2) is 0 Å². The summed E-state index contributed by atoms with van der Waals surface area (Å²) in [5.41, 5.74) is 0. The molecule has 0 saturated heterocycles. The van der Waals surface area contributed by atoms with Crippen LogP contribution in [-0.2, 0) is 4.79 Å². The largest absolute Gasteiger partial charge is 0.449 e. The van der Waals surface area contributed by atoms with Crippen molar-refractivity contribution in [3.63, 3.8) is 0 Å². The summed E-state index contributed by atoms with van der Waals surface area (Å²) in [6, 6.07) is 0. The highest BCUT2D eigenvalue weighted by atomic mass is 19.4. The monoisotopic (exact) mass is 124 g/mol. The summed E-state index contributed by atoms with van der Waals surface area (Å²) < 4.78 is 33.3. The van der Waals surface area contributed by atoms with Gasteiger partial charge in [-0.05, 0) is 6.32 Å². The zero-order valence-electron chi connectivity index (χ0n) is 4.25. The lowest BCUT2D eigenvalue weighted by Gasteiger charge is -1.99. The zero-order chi connectivity index (χ0) is 6.78. The van der Waals surface area contributed by atoms with E-state index in [9.17, 15) is 18.0 Å². The molecule has 0 N–H and O–H groups in total. The van der Waals surface area contributed by atoms with Gasteiger partial charge in [0.2, 0.25) is 5.78 Å². The van der Waals surface area contributed by atoms with E-state index in [1.54, 1.807) is 0 Å². The van der Waals surface area contributed by atoms with Gasteiger partial charge in [0.25, 0.3) is 0 Å². The van der Waals surface area contributed by atoms with Gasteiger partial charge in [-0.2, -0.15) is 13.2 Å². The fourth-order valence-corrected chi connectivity index (χ4v) is 0.200. The molecule has 0 aliphatic rings. The second-order valence-corrected chi connectivity index (χ2v) is 1.27. The van der Waals surface area contributed by atoms with Gasteiger partial charge in [-0.15, -0.1) is 0 Å². The molecule has 0 aliphatic heterocycles. The van der Waals surface area contributed by atoms with Crippen LogP contribution in [-0.4, -0.2) is 19.8 Å². The average molecular weight is 124 g/mol. The number of Topliss-reactive ketones (excluding diaryl/α,β-unsaturated/α-hetero) is 1. The number of hydrogen-bond acceptors (Lipinski definition) is 1. The first kappa shape index (κ1) is 7.52. The van der Waals surface area contributed by atoms with Crippen LogP contribution >= 0.6 is 0 Å². The van der Waals surface area contributed by atoms with Crippen LogP contribution in [0.25, 0.3) is 0 Å². The van der Waals surface area contributed by atoms with Crippen LogP contribution in [0.4, 0.5) is 13.2 Å². The lowest BCUT2D eigenvalue weighted by atomic mass is 10.0. The van der Waals surface area contributed by atoms with E-state index in [1.165, 1.54) is 7.85 Å². The van der Waals surface area contributed by atoms with Gasteiger partial charge < -0.3 is 0 Å². The van der Waals surface area contributed by atoms with E-state index in [-0.39, 0.29) is 0 Å². The SMILES string of the molecule is BCC(=O)C(F)(F)F. The van der Waals surface area contributed by atoms with Gasteiger partial charge in [-0.1, -0.05) is 0 Å². The van der Waals surface area contributed by atoms with Crippen LogP contribution < -0.4 is 0 Å². The molecule has 5 heteroatoms. The van der Waals surface area contributed by atoms with Crippen LogP contribution in [0, 0.1) is 0 Å². The number of alkyl halides is 3. The molecule has 0 fully saturated rings. The van der Waals surface area contributed by atoms with E-state index in [0.717, 1.165) is 0 Å². The Labute approximate surface area is 45.3 Å². The molecule has 0 saturated carbocycles. The number of hydrogen-bond donors (Lipinski definition) is 0. The Bertz CT molecular complexity index is 97.2. The molecule has 0 rings (SSSR count). The molecule has 0 bridgehead atoms. The molecule has 8 heavy (non-hydrogen) atoms. The number of carbonyl (C=O) groups excluding carboxylic acids is 1. The Hall–Kier alpha value is -0.475. The fourth-order valence-electron chi connectivity index (χ4n) is 0.200. The molecule has 0 aromatic carbocycles. The maximum atomic E-state index is 11.1. The average Bonchev–Trinajstić information content (AvgIpc) is 1.62. The second kappa shape index (κ2) is 2.20. The third kappa shape index (κ3) is 2.00. The van der Waals surface area contributed by atoms with Crippen LogP contribution in [0.15, 0.2) is 0 Å². The Morgan fingerprint density at radius 3 is 1.88 bits per heavy atom. The van der Waals surface area contributed by atoms with Crippen LogP contribution in [0.2, 0.25) is 6.32 Å². The quantitative estimate of drug-likeness (QED) is 0.455. The van der Waals surface area contributed by atoms with Crippen molar-refractivity contribution in [3.8, 4) is 0 Å². The first-order valence-corrected chi connectivity index (χ1v) is 2.08. The minimum Gasteiger partial charge on any atom is -0.290 e. The number of rotatable bonds is 1. The molecule has 0 aromatic heterocycles. The number of halogens is 3. The molecule has 0 heterocycles. The van der Waals surface area contributed by atoms with Crippen molar-refractivity contribution >= 4 is 13.6 Å². The topological polar surface area (TPSA) is 17.1 Å². The van der Waals surface area contributed by atoms with Gasteiger partial charge in [0, 0.05) is 0 Å². The van der Waals surface area contributed by atoms with Gasteiger partial charge in [0.05, 0.1) is 0 Å². The molecule has 0 unspecified atom stereocenters. The lowest BCUT2D eigenvalue weighted by Crippen LogP contribution is -2.21. The molecule has 46 valence electrons.